The van der Waals surface area contributed by atoms with Crippen molar-refractivity contribution in [3.05, 3.63) is 40.4 Å². The minimum Gasteiger partial charge on any atom is -0.496 e. The number of thiazole rings is 1. The number of aromatic carboxylic acids is 1. The molecule has 100 valence electrons. The summed E-state index contributed by atoms with van der Waals surface area (Å²) in [5, 5.41) is 11.0. The normalized spacial score (nSPS) is 10.4. The molecule has 0 fully saturated rings. The quantitative estimate of drug-likeness (QED) is 0.856. The molecule has 1 aromatic carbocycles. The molecule has 0 saturated carbocycles. The van der Waals surface area contributed by atoms with Gasteiger partial charge in [-0.1, -0.05) is 17.8 Å². The highest BCUT2D eigenvalue weighted by molar-refractivity contribution is 8.00. The second-order valence-corrected chi connectivity index (χ2v) is 5.96. The first-order chi connectivity index (χ1) is 9.10. The molecular weight excluding hydrogens is 282 g/mol. The number of hydrogen-bond acceptors (Lipinski definition) is 5. The van der Waals surface area contributed by atoms with Gasteiger partial charge in [0.2, 0.25) is 0 Å². The number of carboxylic acids is 1. The zero-order valence-electron chi connectivity index (χ0n) is 10.5. The minimum absolute atomic E-state index is 0.182. The lowest BCUT2D eigenvalue weighted by molar-refractivity contribution is 0.0693. The van der Waals surface area contributed by atoms with Crippen molar-refractivity contribution in [2.24, 2.45) is 0 Å². The van der Waals surface area contributed by atoms with Gasteiger partial charge in [-0.25, -0.2) is 9.78 Å². The van der Waals surface area contributed by atoms with Gasteiger partial charge in [0.15, 0.2) is 0 Å². The molecule has 4 nitrogen and oxygen atoms in total. The first-order valence-electron chi connectivity index (χ1n) is 5.55. The van der Waals surface area contributed by atoms with Gasteiger partial charge < -0.3 is 9.84 Å². The Balaban J connectivity index is 2.11. The third-order valence-corrected chi connectivity index (χ3v) is 4.67. The highest BCUT2D eigenvalue weighted by Gasteiger charge is 2.11. The summed E-state index contributed by atoms with van der Waals surface area (Å²) in [5.74, 6) is 0.149. The molecule has 1 N–H and O–H groups in total. The van der Waals surface area contributed by atoms with Crippen LogP contribution in [-0.2, 0) is 5.75 Å². The van der Waals surface area contributed by atoms with Crippen LogP contribution in [0, 0.1) is 6.92 Å². The Hall–Kier alpha value is -1.53. The number of thioether (sulfide) groups is 1. The van der Waals surface area contributed by atoms with Gasteiger partial charge in [0.1, 0.15) is 15.7 Å². The second kappa shape index (κ2) is 6.08. The summed E-state index contributed by atoms with van der Waals surface area (Å²) in [6.07, 6.45) is 0. The van der Waals surface area contributed by atoms with Crippen LogP contribution in [0.25, 0.3) is 0 Å². The van der Waals surface area contributed by atoms with Crippen molar-refractivity contribution in [2.45, 2.75) is 17.0 Å². The van der Waals surface area contributed by atoms with Crippen molar-refractivity contribution in [1.29, 1.82) is 0 Å². The van der Waals surface area contributed by atoms with E-state index in [4.69, 9.17) is 9.84 Å². The largest absolute Gasteiger partial charge is 0.496 e. The lowest BCUT2D eigenvalue weighted by atomic mass is 10.1. The number of benzene rings is 1. The molecule has 0 aliphatic heterocycles. The number of methoxy groups -OCH3 is 1. The molecule has 2 rings (SSSR count). The Kier molecular flexibility index (Phi) is 4.44. The predicted molar refractivity (Wildman–Crippen MR) is 76.4 cm³/mol. The third kappa shape index (κ3) is 3.48. The molecule has 0 saturated heterocycles. The first kappa shape index (κ1) is 13.9. The van der Waals surface area contributed by atoms with Crippen molar-refractivity contribution in [2.75, 3.05) is 7.11 Å². The molecule has 6 heteroatoms. The molecule has 2 aromatic rings. The highest BCUT2D eigenvalue weighted by atomic mass is 32.2. The molecular formula is C13H13NO3S2. The predicted octanol–water partition coefficient (Wildman–Crippen LogP) is 3.45. The average molecular weight is 295 g/mol. The Labute approximate surface area is 119 Å². The van der Waals surface area contributed by atoms with Crippen LogP contribution in [0.4, 0.5) is 0 Å². The van der Waals surface area contributed by atoms with Gasteiger partial charge in [0, 0.05) is 16.8 Å². The maximum Gasteiger partial charge on any atom is 0.339 e. The summed E-state index contributed by atoms with van der Waals surface area (Å²) in [6, 6.07) is 5.14. The van der Waals surface area contributed by atoms with E-state index in [2.05, 4.69) is 4.98 Å². The van der Waals surface area contributed by atoms with Crippen molar-refractivity contribution >= 4 is 29.1 Å². The number of hydrogen-bond donors (Lipinski definition) is 1. The Bertz CT molecular complexity index is 595. The van der Waals surface area contributed by atoms with Crippen molar-refractivity contribution in [3.8, 4) is 5.75 Å². The van der Waals surface area contributed by atoms with Crippen LogP contribution in [-0.4, -0.2) is 23.2 Å². The van der Waals surface area contributed by atoms with Crippen molar-refractivity contribution in [3.63, 3.8) is 0 Å². The molecule has 0 unspecified atom stereocenters. The fourth-order valence-electron chi connectivity index (χ4n) is 1.55. The van der Waals surface area contributed by atoms with Gasteiger partial charge in [-0.15, -0.1) is 11.3 Å². The summed E-state index contributed by atoms with van der Waals surface area (Å²) < 4.78 is 6.11. The fraction of sp³-hybridized carbons (Fsp3) is 0.231. The molecule has 0 amide bonds. The molecule has 0 aliphatic rings. The number of ether oxygens (including phenoxy) is 1. The van der Waals surface area contributed by atoms with Gasteiger partial charge >= 0.3 is 5.97 Å². The average Bonchev–Trinajstić information content (AvgIpc) is 2.81. The van der Waals surface area contributed by atoms with Gasteiger partial charge in [-0.3, -0.25) is 0 Å². The van der Waals surface area contributed by atoms with Crippen LogP contribution >= 0.6 is 23.1 Å². The number of carbonyl (C=O) groups is 1. The minimum atomic E-state index is -0.980. The molecule has 0 aliphatic carbocycles. The number of aromatic nitrogens is 1. The zero-order chi connectivity index (χ0) is 13.8. The van der Waals surface area contributed by atoms with Crippen LogP contribution in [0.2, 0.25) is 0 Å². The summed E-state index contributed by atoms with van der Waals surface area (Å²) in [7, 11) is 1.48. The molecule has 1 heterocycles. The van der Waals surface area contributed by atoms with Crippen LogP contribution in [0.15, 0.2) is 27.9 Å². The Morgan fingerprint density at radius 2 is 2.32 bits per heavy atom. The summed E-state index contributed by atoms with van der Waals surface area (Å²) in [4.78, 5) is 15.4. The zero-order valence-corrected chi connectivity index (χ0v) is 12.2. The van der Waals surface area contributed by atoms with Gasteiger partial charge in [0.25, 0.3) is 0 Å². The molecule has 1 aromatic heterocycles. The van der Waals surface area contributed by atoms with Gasteiger partial charge in [0.05, 0.1) is 7.11 Å². The second-order valence-electron chi connectivity index (χ2n) is 3.88. The van der Waals surface area contributed by atoms with Gasteiger partial charge in [-0.05, 0) is 24.6 Å². The fourth-order valence-corrected chi connectivity index (χ4v) is 3.34. The summed E-state index contributed by atoms with van der Waals surface area (Å²) in [6.45, 7) is 1.96. The number of rotatable bonds is 5. The molecule has 19 heavy (non-hydrogen) atoms. The van der Waals surface area contributed by atoms with E-state index in [0.717, 1.165) is 21.3 Å². The standard InChI is InChI=1S/C13H13NO3S2/c1-8-6-18-13(14-8)19-7-9-3-4-10(12(15)16)11(5-9)17-2/h3-6H,7H2,1-2H3,(H,15,16). The summed E-state index contributed by atoms with van der Waals surface area (Å²) >= 11 is 3.25. The molecule has 0 radical (unpaired) electrons. The smallest absolute Gasteiger partial charge is 0.339 e. The summed E-state index contributed by atoms with van der Waals surface area (Å²) in [5.41, 5.74) is 2.22. The Morgan fingerprint density at radius 3 is 2.89 bits per heavy atom. The van der Waals surface area contributed by atoms with E-state index in [9.17, 15) is 4.79 Å². The lowest BCUT2D eigenvalue weighted by Crippen LogP contribution is -2.00. The van der Waals surface area contributed by atoms with E-state index >= 15 is 0 Å². The lowest BCUT2D eigenvalue weighted by Gasteiger charge is -2.07. The van der Waals surface area contributed by atoms with E-state index < -0.39 is 5.97 Å². The maximum absolute atomic E-state index is 11.0. The molecule has 0 bridgehead atoms. The SMILES string of the molecule is COc1cc(CSc2nc(C)cs2)ccc1C(=O)O. The highest BCUT2D eigenvalue weighted by Crippen LogP contribution is 2.28. The van der Waals surface area contributed by atoms with E-state index in [1.54, 1.807) is 41.3 Å². The van der Waals surface area contributed by atoms with Crippen LogP contribution in [0.5, 0.6) is 5.75 Å². The maximum atomic E-state index is 11.0. The van der Waals surface area contributed by atoms with Crippen LogP contribution in [0.3, 0.4) is 0 Å². The molecule has 0 spiro atoms. The van der Waals surface area contributed by atoms with E-state index in [1.165, 1.54) is 7.11 Å². The monoisotopic (exact) mass is 295 g/mol. The van der Waals surface area contributed by atoms with E-state index in [1.807, 2.05) is 12.3 Å². The Morgan fingerprint density at radius 1 is 1.53 bits per heavy atom. The number of carboxylic acid groups (broad SMARTS) is 1. The van der Waals surface area contributed by atoms with E-state index in [-0.39, 0.29) is 5.56 Å². The number of nitrogens with zero attached hydrogens (tertiary/aromatic N) is 1. The number of aryl methyl sites for hydroxylation is 1. The molecule has 0 atom stereocenters. The first-order valence-corrected chi connectivity index (χ1v) is 7.42. The van der Waals surface area contributed by atoms with Gasteiger partial charge in [-0.2, -0.15) is 0 Å². The van der Waals surface area contributed by atoms with Crippen molar-refractivity contribution in [1.82, 2.24) is 4.98 Å². The van der Waals surface area contributed by atoms with E-state index in [0.29, 0.717) is 5.75 Å². The van der Waals surface area contributed by atoms with Crippen LogP contribution < -0.4 is 4.74 Å². The topological polar surface area (TPSA) is 59.4 Å². The van der Waals surface area contributed by atoms with Crippen LogP contribution in [0.1, 0.15) is 21.6 Å². The van der Waals surface area contributed by atoms with Crippen molar-refractivity contribution < 1.29 is 14.6 Å². The third-order valence-electron chi connectivity index (χ3n) is 2.46.